The summed E-state index contributed by atoms with van der Waals surface area (Å²) in [5.41, 5.74) is 0.321. The number of ether oxygens (including phenoxy) is 3. The fourth-order valence-electron chi connectivity index (χ4n) is 3.78. The Morgan fingerprint density at radius 3 is 3.04 bits per heavy atom. The number of fused-ring (bicyclic) bond motifs is 1. The summed E-state index contributed by atoms with van der Waals surface area (Å²) >= 11 is 0. The minimum absolute atomic E-state index is 0.0216. The molecule has 1 aromatic heterocycles. The Balaban J connectivity index is 1.67. The zero-order valence-corrected chi connectivity index (χ0v) is 15.0. The first-order chi connectivity index (χ1) is 13.0. The molecule has 142 valence electrons. The number of aromatic amines is 1. The largest absolute Gasteiger partial charge is 0.496 e. The van der Waals surface area contributed by atoms with Gasteiger partial charge in [-0.3, -0.25) is 4.79 Å². The number of tetrazole rings is 1. The van der Waals surface area contributed by atoms with Gasteiger partial charge in [-0.1, -0.05) is 6.92 Å². The Kier molecular flexibility index (Phi) is 4.39. The summed E-state index contributed by atoms with van der Waals surface area (Å²) in [6.07, 6.45) is 2.79. The van der Waals surface area contributed by atoms with Crippen LogP contribution in [0.5, 0.6) is 5.75 Å². The highest BCUT2D eigenvalue weighted by atomic mass is 19.1. The third-order valence-corrected chi connectivity index (χ3v) is 5.26. The lowest BCUT2D eigenvalue weighted by atomic mass is 9.76. The molecule has 1 aliphatic carbocycles. The van der Waals surface area contributed by atoms with Gasteiger partial charge in [0.2, 0.25) is 5.82 Å². The van der Waals surface area contributed by atoms with Crippen molar-refractivity contribution in [3.63, 3.8) is 0 Å². The number of carbonyl (C=O) groups excluding carboxylic acids is 1. The van der Waals surface area contributed by atoms with Crippen LogP contribution in [0.25, 0.3) is 11.4 Å². The minimum Gasteiger partial charge on any atom is -0.496 e. The standard InChI is InChI=1S/C18H19FN4O4/c1-10(18-4-3-12(24)7-16(18)26-9-27-18)5-11-6-13(17-20-22-23-21-17)15(25-2)8-14(11)19/h6-8,10H,3-5,9H2,1-2H3,(H,20,21,22,23)/t10-,18+/m0/s1. The van der Waals surface area contributed by atoms with Gasteiger partial charge in [-0.25, -0.2) is 4.39 Å². The topological polar surface area (TPSA) is 99.2 Å². The zero-order chi connectivity index (χ0) is 19.0. The number of allylic oxidation sites excluding steroid dienone is 1. The lowest BCUT2D eigenvalue weighted by Crippen LogP contribution is -2.41. The molecule has 1 N–H and O–H groups in total. The van der Waals surface area contributed by atoms with E-state index in [9.17, 15) is 9.18 Å². The number of aromatic nitrogens is 4. The molecule has 0 spiro atoms. The molecule has 1 aliphatic heterocycles. The van der Waals surface area contributed by atoms with Gasteiger partial charge >= 0.3 is 0 Å². The molecule has 27 heavy (non-hydrogen) atoms. The molecule has 2 aromatic rings. The maximum Gasteiger partial charge on any atom is 0.208 e. The average Bonchev–Trinajstić information content (AvgIpc) is 3.32. The molecule has 4 rings (SSSR count). The fraction of sp³-hybridized carbons (Fsp3) is 0.444. The first-order valence-corrected chi connectivity index (χ1v) is 8.65. The van der Waals surface area contributed by atoms with Gasteiger partial charge in [0, 0.05) is 18.6 Å². The molecule has 0 radical (unpaired) electrons. The summed E-state index contributed by atoms with van der Waals surface area (Å²) in [4.78, 5) is 11.7. The smallest absolute Gasteiger partial charge is 0.208 e. The number of hydrogen-bond acceptors (Lipinski definition) is 7. The number of benzene rings is 1. The molecule has 0 unspecified atom stereocenters. The minimum atomic E-state index is -0.702. The lowest BCUT2D eigenvalue weighted by Gasteiger charge is -2.35. The van der Waals surface area contributed by atoms with Crippen molar-refractivity contribution in [2.45, 2.75) is 31.8 Å². The molecule has 8 nitrogen and oxygen atoms in total. The summed E-state index contributed by atoms with van der Waals surface area (Å²) in [5.74, 6) is 0.710. The molecule has 9 heteroatoms. The van der Waals surface area contributed by atoms with Crippen LogP contribution in [0.15, 0.2) is 24.0 Å². The van der Waals surface area contributed by atoms with Crippen molar-refractivity contribution in [2.75, 3.05) is 13.9 Å². The molecule has 0 amide bonds. The van der Waals surface area contributed by atoms with Crippen LogP contribution in [0, 0.1) is 11.7 Å². The maximum absolute atomic E-state index is 14.7. The number of H-pyrrole nitrogens is 1. The average molecular weight is 374 g/mol. The van der Waals surface area contributed by atoms with Crippen LogP contribution < -0.4 is 4.74 Å². The number of nitrogens with zero attached hydrogens (tertiary/aromatic N) is 3. The van der Waals surface area contributed by atoms with Crippen molar-refractivity contribution in [3.8, 4) is 17.1 Å². The van der Waals surface area contributed by atoms with E-state index in [4.69, 9.17) is 14.2 Å². The molecule has 2 atom stereocenters. The first-order valence-electron chi connectivity index (χ1n) is 8.65. The van der Waals surface area contributed by atoms with E-state index in [2.05, 4.69) is 20.6 Å². The van der Waals surface area contributed by atoms with Gasteiger partial charge in [0.15, 0.2) is 12.6 Å². The van der Waals surface area contributed by atoms with Gasteiger partial charge in [-0.2, -0.15) is 5.21 Å². The maximum atomic E-state index is 14.7. The predicted octanol–water partition coefficient (Wildman–Crippen LogP) is 2.18. The quantitative estimate of drug-likeness (QED) is 0.856. The number of hydrogen-bond donors (Lipinski definition) is 1. The zero-order valence-electron chi connectivity index (χ0n) is 15.0. The van der Waals surface area contributed by atoms with Crippen LogP contribution >= 0.6 is 0 Å². The summed E-state index contributed by atoms with van der Waals surface area (Å²) < 4.78 is 31.4. The van der Waals surface area contributed by atoms with Crippen molar-refractivity contribution in [3.05, 3.63) is 35.3 Å². The van der Waals surface area contributed by atoms with Gasteiger partial charge in [-0.15, -0.1) is 10.2 Å². The molecule has 2 aliphatic rings. The number of carbonyl (C=O) groups is 1. The Bertz CT molecular complexity index is 899. The lowest BCUT2D eigenvalue weighted by molar-refractivity contribution is -0.117. The van der Waals surface area contributed by atoms with Gasteiger partial charge in [0.05, 0.1) is 12.7 Å². The Labute approximate surface area is 154 Å². The van der Waals surface area contributed by atoms with Crippen molar-refractivity contribution in [2.24, 2.45) is 5.92 Å². The SMILES string of the molecule is COc1cc(F)c(C[C@H](C)[C@]23CCC(=O)C=C2OCO3)cc1-c1nn[nH]n1. The van der Waals surface area contributed by atoms with E-state index < -0.39 is 11.4 Å². The second-order valence-electron chi connectivity index (χ2n) is 6.76. The van der Waals surface area contributed by atoms with Crippen molar-refractivity contribution in [1.82, 2.24) is 20.6 Å². The van der Waals surface area contributed by atoms with Crippen LogP contribution in [0.4, 0.5) is 4.39 Å². The molecule has 0 bridgehead atoms. The number of rotatable bonds is 5. The second-order valence-corrected chi connectivity index (χ2v) is 6.76. The summed E-state index contributed by atoms with van der Waals surface area (Å²) in [6.45, 7) is 2.07. The molecule has 1 fully saturated rings. The van der Waals surface area contributed by atoms with Gasteiger partial charge in [0.25, 0.3) is 0 Å². The van der Waals surface area contributed by atoms with Crippen molar-refractivity contribution < 1.29 is 23.4 Å². The normalized spacial score (nSPS) is 22.8. The summed E-state index contributed by atoms with van der Waals surface area (Å²) in [6, 6.07) is 2.98. The third kappa shape index (κ3) is 2.97. The van der Waals surface area contributed by atoms with E-state index in [0.29, 0.717) is 47.7 Å². The number of ketones is 1. The van der Waals surface area contributed by atoms with Crippen molar-refractivity contribution in [1.29, 1.82) is 0 Å². The highest BCUT2D eigenvalue weighted by Gasteiger charge is 2.49. The fourth-order valence-corrected chi connectivity index (χ4v) is 3.78. The molecule has 1 saturated heterocycles. The number of nitrogens with one attached hydrogen (secondary N) is 1. The van der Waals surface area contributed by atoms with E-state index >= 15 is 0 Å². The van der Waals surface area contributed by atoms with E-state index in [1.165, 1.54) is 19.3 Å². The predicted molar refractivity (Wildman–Crippen MR) is 91.1 cm³/mol. The van der Waals surface area contributed by atoms with Crippen molar-refractivity contribution >= 4 is 5.78 Å². The Morgan fingerprint density at radius 2 is 2.30 bits per heavy atom. The summed E-state index contributed by atoms with van der Waals surface area (Å²) in [5, 5.41) is 13.8. The number of halogens is 1. The molecular formula is C18H19FN4O4. The molecule has 0 saturated carbocycles. The molecule has 2 heterocycles. The van der Waals surface area contributed by atoms with Crippen LogP contribution in [-0.2, 0) is 20.7 Å². The first kappa shape index (κ1) is 17.6. The van der Waals surface area contributed by atoms with Gasteiger partial charge in [-0.05, 0) is 35.6 Å². The highest BCUT2D eigenvalue weighted by Crippen LogP contribution is 2.44. The highest BCUT2D eigenvalue weighted by molar-refractivity contribution is 5.91. The Hall–Kier alpha value is -2.81. The molecular weight excluding hydrogens is 355 g/mol. The number of methoxy groups -OCH3 is 1. The van der Waals surface area contributed by atoms with Crippen LogP contribution in [0.2, 0.25) is 0 Å². The van der Waals surface area contributed by atoms with E-state index in [1.54, 1.807) is 6.07 Å². The summed E-state index contributed by atoms with van der Waals surface area (Å²) in [7, 11) is 1.46. The molecule has 1 aromatic carbocycles. The van der Waals surface area contributed by atoms with Gasteiger partial charge < -0.3 is 14.2 Å². The van der Waals surface area contributed by atoms with Crippen LogP contribution in [0.3, 0.4) is 0 Å². The van der Waals surface area contributed by atoms with Crippen LogP contribution in [-0.4, -0.2) is 45.9 Å². The van der Waals surface area contributed by atoms with E-state index in [1.807, 2.05) is 6.92 Å². The van der Waals surface area contributed by atoms with E-state index in [0.717, 1.165) is 0 Å². The van der Waals surface area contributed by atoms with E-state index in [-0.39, 0.29) is 18.5 Å². The van der Waals surface area contributed by atoms with Crippen LogP contribution in [0.1, 0.15) is 25.3 Å². The third-order valence-electron chi connectivity index (χ3n) is 5.26. The second kappa shape index (κ2) is 6.73. The Morgan fingerprint density at radius 1 is 1.44 bits per heavy atom. The monoisotopic (exact) mass is 374 g/mol. The van der Waals surface area contributed by atoms with Gasteiger partial charge in [0.1, 0.15) is 22.9 Å².